The average Bonchev–Trinajstić information content (AvgIpc) is 3.14. The molecule has 1 aliphatic rings. The van der Waals surface area contributed by atoms with Crippen LogP contribution in [0.1, 0.15) is 51.8 Å². The fourth-order valence-corrected chi connectivity index (χ4v) is 4.09. The Kier molecular flexibility index (Phi) is 4.99. The van der Waals surface area contributed by atoms with Gasteiger partial charge in [-0.1, -0.05) is 13.8 Å². The van der Waals surface area contributed by atoms with Crippen molar-refractivity contribution in [2.75, 3.05) is 0 Å². The van der Waals surface area contributed by atoms with Gasteiger partial charge in [-0.15, -0.1) is 21.5 Å². The largest absolute Gasteiger partial charge is 0.353 e. The fourth-order valence-electron chi connectivity index (χ4n) is 3.27. The molecule has 1 amide bonds. The van der Waals surface area contributed by atoms with Crippen LogP contribution in [-0.2, 0) is 17.8 Å². The predicted molar refractivity (Wildman–Crippen MR) is 106 cm³/mol. The Morgan fingerprint density at radius 2 is 2.19 bits per heavy atom. The van der Waals surface area contributed by atoms with Gasteiger partial charge in [0, 0.05) is 25.4 Å². The maximum Gasteiger partial charge on any atom is 0.272 e. The number of rotatable bonds is 8. The minimum atomic E-state index is 0.0101. The van der Waals surface area contributed by atoms with E-state index < -0.39 is 0 Å². The van der Waals surface area contributed by atoms with Gasteiger partial charge in [-0.3, -0.25) is 18.6 Å². The molecule has 0 aliphatic heterocycles. The van der Waals surface area contributed by atoms with Crippen molar-refractivity contribution in [3.8, 4) is 0 Å². The molecule has 0 radical (unpaired) electrons. The minimum absolute atomic E-state index is 0.0101. The standard InChI is InChI=1S/C19H25N5O2S/c1-12(2)8-10-23-18(26)17-14(9-11-27-17)24-15(21-22-19(23)24)4-3-5-16(25)20-13-6-7-13/h9,11-13H,3-8,10H2,1-2H3,(H,20,25). The molecule has 0 bridgehead atoms. The van der Waals surface area contributed by atoms with Crippen LogP contribution in [0.5, 0.6) is 0 Å². The fraction of sp³-hybridized carbons (Fsp3) is 0.579. The van der Waals surface area contributed by atoms with E-state index in [1.165, 1.54) is 11.3 Å². The number of hydrogen-bond donors (Lipinski definition) is 1. The molecule has 4 rings (SSSR count). The number of nitrogens with one attached hydrogen (secondary N) is 1. The third-order valence-electron chi connectivity index (χ3n) is 4.96. The third-order valence-corrected chi connectivity index (χ3v) is 5.85. The van der Waals surface area contributed by atoms with Crippen molar-refractivity contribution in [1.82, 2.24) is 24.5 Å². The van der Waals surface area contributed by atoms with Gasteiger partial charge in [-0.05, 0) is 43.0 Å². The maximum absolute atomic E-state index is 12.9. The van der Waals surface area contributed by atoms with Crippen LogP contribution in [0.25, 0.3) is 16.0 Å². The van der Waals surface area contributed by atoms with Gasteiger partial charge in [-0.2, -0.15) is 0 Å². The monoisotopic (exact) mass is 387 g/mol. The molecule has 27 heavy (non-hydrogen) atoms. The van der Waals surface area contributed by atoms with Gasteiger partial charge in [-0.25, -0.2) is 0 Å². The zero-order valence-electron chi connectivity index (χ0n) is 15.8. The Bertz CT molecular complexity index is 1030. The first-order valence-electron chi connectivity index (χ1n) is 9.68. The molecule has 144 valence electrons. The predicted octanol–water partition coefficient (Wildman–Crippen LogP) is 2.75. The highest BCUT2D eigenvalue weighted by molar-refractivity contribution is 7.17. The van der Waals surface area contributed by atoms with E-state index in [0.29, 0.717) is 37.1 Å². The van der Waals surface area contributed by atoms with Crippen LogP contribution >= 0.6 is 11.3 Å². The maximum atomic E-state index is 12.9. The number of amides is 1. The molecule has 1 saturated carbocycles. The third kappa shape index (κ3) is 3.76. The topological polar surface area (TPSA) is 81.3 Å². The molecule has 1 aliphatic carbocycles. The molecule has 3 aromatic rings. The van der Waals surface area contributed by atoms with Crippen LogP contribution in [0, 0.1) is 5.92 Å². The van der Waals surface area contributed by atoms with E-state index in [1.807, 2.05) is 15.8 Å². The summed E-state index contributed by atoms with van der Waals surface area (Å²) in [7, 11) is 0. The van der Waals surface area contributed by atoms with E-state index >= 15 is 0 Å². The lowest BCUT2D eigenvalue weighted by molar-refractivity contribution is -0.121. The van der Waals surface area contributed by atoms with Crippen LogP contribution in [0.15, 0.2) is 16.2 Å². The zero-order chi connectivity index (χ0) is 19.0. The summed E-state index contributed by atoms with van der Waals surface area (Å²) >= 11 is 1.46. The highest BCUT2D eigenvalue weighted by atomic mass is 32.1. The number of hydrogen-bond acceptors (Lipinski definition) is 5. The van der Waals surface area contributed by atoms with Crippen LogP contribution in [0.2, 0.25) is 0 Å². The van der Waals surface area contributed by atoms with Gasteiger partial charge < -0.3 is 5.32 Å². The summed E-state index contributed by atoms with van der Waals surface area (Å²) in [6.45, 7) is 4.93. The Balaban J connectivity index is 1.61. The Hall–Kier alpha value is -2.22. The van der Waals surface area contributed by atoms with Crippen LogP contribution < -0.4 is 10.9 Å². The second kappa shape index (κ2) is 7.42. The summed E-state index contributed by atoms with van der Waals surface area (Å²) in [5.41, 5.74) is 0.874. The number of aryl methyl sites for hydroxylation is 2. The number of nitrogens with zero attached hydrogens (tertiary/aromatic N) is 4. The Morgan fingerprint density at radius 3 is 2.93 bits per heavy atom. The van der Waals surface area contributed by atoms with Crippen molar-refractivity contribution < 1.29 is 4.79 Å². The molecule has 8 heteroatoms. The van der Waals surface area contributed by atoms with Gasteiger partial charge in [0.15, 0.2) is 0 Å². The van der Waals surface area contributed by atoms with Crippen molar-refractivity contribution in [3.63, 3.8) is 0 Å². The van der Waals surface area contributed by atoms with Crippen molar-refractivity contribution in [3.05, 3.63) is 27.6 Å². The first kappa shape index (κ1) is 18.2. The molecule has 1 N–H and O–H groups in total. The lowest BCUT2D eigenvalue weighted by Gasteiger charge is -2.10. The van der Waals surface area contributed by atoms with Crippen LogP contribution in [-0.4, -0.2) is 31.1 Å². The van der Waals surface area contributed by atoms with E-state index in [0.717, 1.165) is 41.7 Å². The quantitative estimate of drug-likeness (QED) is 0.644. The zero-order valence-corrected chi connectivity index (χ0v) is 16.6. The summed E-state index contributed by atoms with van der Waals surface area (Å²) in [5.74, 6) is 2.03. The van der Waals surface area contributed by atoms with Gasteiger partial charge in [0.1, 0.15) is 10.5 Å². The van der Waals surface area contributed by atoms with Crippen molar-refractivity contribution in [2.24, 2.45) is 5.92 Å². The summed E-state index contributed by atoms with van der Waals surface area (Å²) in [6.07, 6.45) is 4.99. The highest BCUT2D eigenvalue weighted by Crippen LogP contribution is 2.21. The molecular weight excluding hydrogens is 362 g/mol. The lowest BCUT2D eigenvalue weighted by atomic mass is 10.1. The van der Waals surface area contributed by atoms with Gasteiger partial charge in [0.05, 0.1) is 5.52 Å². The number of fused-ring (bicyclic) bond motifs is 3. The van der Waals surface area contributed by atoms with Crippen LogP contribution in [0.3, 0.4) is 0 Å². The summed E-state index contributed by atoms with van der Waals surface area (Å²) in [6, 6.07) is 2.35. The molecule has 3 aromatic heterocycles. The Morgan fingerprint density at radius 1 is 1.37 bits per heavy atom. The smallest absolute Gasteiger partial charge is 0.272 e. The molecule has 0 saturated heterocycles. The number of carbonyl (C=O) groups is 1. The first-order valence-corrected chi connectivity index (χ1v) is 10.6. The van der Waals surface area contributed by atoms with Crippen molar-refractivity contribution >= 4 is 33.2 Å². The van der Waals surface area contributed by atoms with E-state index in [9.17, 15) is 9.59 Å². The van der Waals surface area contributed by atoms with Crippen molar-refractivity contribution in [2.45, 2.75) is 65.0 Å². The second-order valence-corrected chi connectivity index (χ2v) is 8.64. The first-order chi connectivity index (χ1) is 13.0. The average molecular weight is 388 g/mol. The number of aromatic nitrogens is 4. The summed E-state index contributed by atoms with van der Waals surface area (Å²) < 4.78 is 4.47. The second-order valence-electron chi connectivity index (χ2n) is 7.72. The van der Waals surface area contributed by atoms with Crippen molar-refractivity contribution in [1.29, 1.82) is 0 Å². The SMILES string of the molecule is CC(C)CCn1c(=O)c2sccc2n2c(CCCC(=O)NC3CC3)nnc12. The summed E-state index contributed by atoms with van der Waals surface area (Å²) in [5, 5.41) is 13.6. The lowest BCUT2D eigenvalue weighted by Crippen LogP contribution is -2.25. The van der Waals surface area contributed by atoms with Crippen LogP contribution in [0.4, 0.5) is 0 Å². The number of thiophene rings is 1. The van der Waals surface area contributed by atoms with Gasteiger partial charge >= 0.3 is 0 Å². The molecule has 0 aromatic carbocycles. The van der Waals surface area contributed by atoms with Gasteiger partial charge in [0.25, 0.3) is 5.56 Å². The molecule has 3 heterocycles. The normalized spacial score (nSPS) is 14.5. The molecule has 0 unspecified atom stereocenters. The van der Waals surface area contributed by atoms with E-state index in [2.05, 4.69) is 29.4 Å². The molecule has 0 spiro atoms. The van der Waals surface area contributed by atoms with Gasteiger partial charge in [0.2, 0.25) is 11.7 Å². The molecule has 0 atom stereocenters. The highest BCUT2D eigenvalue weighted by Gasteiger charge is 2.23. The molecule has 1 fully saturated rings. The van der Waals surface area contributed by atoms with E-state index in [4.69, 9.17) is 0 Å². The molecular formula is C19H25N5O2S. The summed E-state index contributed by atoms with van der Waals surface area (Å²) in [4.78, 5) is 24.8. The van der Waals surface area contributed by atoms with E-state index in [1.54, 1.807) is 4.57 Å². The molecule has 7 nitrogen and oxygen atoms in total. The van der Waals surface area contributed by atoms with E-state index in [-0.39, 0.29) is 11.5 Å². The Labute approximate surface area is 161 Å². The minimum Gasteiger partial charge on any atom is -0.353 e. The number of carbonyl (C=O) groups excluding carboxylic acids is 1.